The molecule has 1 amide bonds. The molecule has 0 bridgehead atoms. The molecule has 0 heterocycles. The lowest BCUT2D eigenvalue weighted by Crippen LogP contribution is -2.43. The second-order valence-electron chi connectivity index (χ2n) is 4.64. The van der Waals surface area contributed by atoms with Crippen molar-refractivity contribution in [2.45, 2.75) is 39.3 Å². The molecule has 0 aliphatic rings. The molecule has 1 rings (SSSR count). The maximum absolute atomic E-state index is 11.8. The van der Waals surface area contributed by atoms with Gasteiger partial charge in [0.2, 0.25) is 5.91 Å². The molecule has 4 nitrogen and oxygen atoms in total. The minimum Gasteiger partial charge on any atom is -0.496 e. The highest BCUT2D eigenvalue weighted by Crippen LogP contribution is 2.24. The largest absolute Gasteiger partial charge is 0.496 e. The van der Waals surface area contributed by atoms with Crippen molar-refractivity contribution in [3.8, 4) is 5.75 Å². The molecule has 1 unspecified atom stereocenters. The summed E-state index contributed by atoms with van der Waals surface area (Å²) in [6.07, 6.45) is 0.945. The summed E-state index contributed by atoms with van der Waals surface area (Å²) in [5.41, 5.74) is 1.06. The maximum atomic E-state index is 11.8. The van der Waals surface area contributed by atoms with Crippen LogP contribution in [0, 0.1) is 0 Å². The third-order valence-electron chi connectivity index (χ3n) is 3.05. The van der Waals surface area contributed by atoms with E-state index in [1.807, 2.05) is 45.0 Å². The van der Waals surface area contributed by atoms with E-state index in [-0.39, 0.29) is 18.0 Å². The molecule has 4 heteroatoms. The van der Waals surface area contributed by atoms with Crippen LogP contribution in [0.15, 0.2) is 24.3 Å². The minimum absolute atomic E-state index is 0.0311. The molecule has 1 aromatic carbocycles. The quantitative estimate of drug-likeness (QED) is 0.794. The van der Waals surface area contributed by atoms with Gasteiger partial charge in [-0.1, -0.05) is 25.1 Å². The van der Waals surface area contributed by atoms with Crippen LogP contribution >= 0.6 is 0 Å². The van der Waals surface area contributed by atoms with Crippen molar-refractivity contribution in [2.24, 2.45) is 0 Å². The summed E-state index contributed by atoms with van der Waals surface area (Å²) >= 11 is 0. The van der Waals surface area contributed by atoms with Crippen LogP contribution in [0.4, 0.5) is 0 Å². The van der Waals surface area contributed by atoms with Gasteiger partial charge in [0.05, 0.1) is 13.2 Å². The first-order valence-corrected chi connectivity index (χ1v) is 6.76. The van der Waals surface area contributed by atoms with Crippen LogP contribution in [0.5, 0.6) is 5.75 Å². The van der Waals surface area contributed by atoms with Crippen molar-refractivity contribution in [3.05, 3.63) is 29.8 Å². The first-order chi connectivity index (χ1) is 9.10. The molecule has 1 aromatic rings. The number of para-hydroxylation sites is 1. The van der Waals surface area contributed by atoms with Crippen LogP contribution in [0.2, 0.25) is 0 Å². The summed E-state index contributed by atoms with van der Waals surface area (Å²) in [6.45, 7) is 6.65. The second-order valence-corrected chi connectivity index (χ2v) is 4.64. The Morgan fingerprint density at radius 1 is 1.32 bits per heavy atom. The van der Waals surface area contributed by atoms with E-state index in [1.165, 1.54) is 0 Å². The third kappa shape index (κ3) is 4.56. The molecule has 0 spiro atoms. The lowest BCUT2D eigenvalue weighted by molar-refractivity contribution is -0.122. The van der Waals surface area contributed by atoms with Crippen molar-refractivity contribution in [3.63, 3.8) is 0 Å². The van der Waals surface area contributed by atoms with Crippen LogP contribution in [0.3, 0.4) is 0 Å². The summed E-state index contributed by atoms with van der Waals surface area (Å²) < 4.78 is 5.33. The van der Waals surface area contributed by atoms with Gasteiger partial charge in [0, 0.05) is 18.2 Å². The lowest BCUT2D eigenvalue weighted by Gasteiger charge is -2.21. The van der Waals surface area contributed by atoms with Gasteiger partial charge in [-0.3, -0.25) is 10.1 Å². The Labute approximate surface area is 115 Å². The number of amides is 1. The molecule has 19 heavy (non-hydrogen) atoms. The number of carbonyl (C=O) groups is 1. The summed E-state index contributed by atoms with van der Waals surface area (Å²) in [4.78, 5) is 11.8. The Kier molecular flexibility index (Phi) is 6.36. The van der Waals surface area contributed by atoms with E-state index in [0.717, 1.165) is 17.7 Å². The summed E-state index contributed by atoms with van der Waals surface area (Å²) in [5, 5.41) is 6.17. The number of methoxy groups -OCH3 is 1. The standard InChI is InChI=1S/C15H24N2O2/c1-5-10-16-15(18)12(3)17-11(2)13-8-6-7-9-14(13)19-4/h6-9,11-12,17H,5,10H2,1-4H3,(H,16,18)/t11-,12?/m0/s1. The Hall–Kier alpha value is -1.55. The SMILES string of the molecule is CCCNC(=O)C(C)N[C@@H](C)c1ccccc1OC. The van der Waals surface area contributed by atoms with E-state index in [9.17, 15) is 4.79 Å². The number of benzene rings is 1. The average molecular weight is 264 g/mol. The molecule has 0 saturated carbocycles. The maximum Gasteiger partial charge on any atom is 0.236 e. The molecule has 0 aliphatic heterocycles. The van der Waals surface area contributed by atoms with Gasteiger partial charge < -0.3 is 10.1 Å². The third-order valence-corrected chi connectivity index (χ3v) is 3.05. The Morgan fingerprint density at radius 2 is 2.00 bits per heavy atom. The number of ether oxygens (including phenoxy) is 1. The van der Waals surface area contributed by atoms with Crippen molar-refractivity contribution >= 4 is 5.91 Å². The topological polar surface area (TPSA) is 50.4 Å². The Balaban J connectivity index is 2.63. The van der Waals surface area contributed by atoms with E-state index in [0.29, 0.717) is 6.54 Å². The Bertz CT molecular complexity index is 407. The van der Waals surface area contributed by atoms with Gasteiger partial charge in [-0.2, -0.15) is 0 Å². The fourth-order valence-electron chi connectivity index (χ4n) is 1.97. The van der Waals surface area contributed by atoms with E-state index < -0.39 is 0 Å². The minimum atomic E-state index is -0.230. The normalized spacial score (nSPS) is 13.7. The number of carbonyl (C=O) groups excluding carboxylic acids is 1. The van der Waals surface area contributed by atoms with Crippen molar-refractivity contribution in [1.29, 1.82) is 0 Å². The zero-order chi connectivity index (χ0) is 14.3. The highest BCUT2D eigenvalue weighted by atomic mass is 16.5. The van der Waals surface area contributed by atoms with Gasteiger partial charge >= 0.3 is 0 Å². The van der Waals surface area contributed by atoms with Crippen molar-refractivity contribution in [2.75, 3.05) is 13.7 Å². The van der Waals surface area contributed by atoms with Crippen molar-refractivity contribution < 1.29 is 9.53 Å². The molecule has 2 N–H and O–H groups in total. The van der Waals surface area contributed by atoms with Gasteiger partial charge in [0.15, 0.2) is 0 Å². The predicted octanol–water partition coefficient (Wildman–Crippen LogP) is 2.26. The molecule has 0 radical (unpaired) electrons. The fraction of sp³-hybridized carbons (Fsp3) is 0.533. The second kappa shape index (κ2) is 7.79. The number of rotatable bonds is 7. The monoisotopic (exact) mass is 264 g/mol. The summed E-state index contributed by atoms with van der Waals surface area (Å²) in [6, 6.07) is 7.66. The zero-order valence-corrected chi connectivity index (χ0v) is 12.2. The molecular weight excluding hydrogens is 240 g/mol. The van der Waals surface area contributed by atoms with Gasteiger partial charge in [-0.15, -0.1) is 0 Å². The van der Waals surface area contributed by atoms with Gasteiger partial charge in [-0.25, -0.2) is 0 Å². The van der Waals surface area contributed by atoms with Crippen LogP contribution in [-0.2, 0) is 4.79 Å². The van der Waals surface area contributed by atoms with Crippen LogP contribution < -0.4 is 15.4 Å². The van der Waals surface area contributed by atoms with E-state index in [4.69, 9.17) is 4.74 Å². The highest BCUT2D eigenvalue weighted by molar-refractivity contribution is 5.81. The molecule has 0 aliphatic carbocycles. The zero-order valence-electron chi connectivity index (χ0n) is 12.2. The fourth-order valence-corrected chi connectivity index (χ4v) is 1.97. The number of hydrogen-bond acceptors (Lipinski definition) is 3. The summed E-state index contributed by atoms with van der Waals surface area (Å²) in [7, 11) is 1.66. The van der Waals surface area contributed by atoms with E-state index in [2.05, 4.69) is 10.6 Å². The first-order valence-electron chi connectivity index (χ1n) is 6.76. The predicted molar refractivity (Wildman–Crippen MR) is 77.3 cm³/mol. The Morgan fingerprint density at radius 3 is 2.63 bits per heavy atom. The molecule has 106 valence electrons. The lowest BCUT2D eigenvalue weighted by atomic mass is 10.1. The van der Waals surface area contributed by atoms with E-state index in [1.54, 1.807) is 7.11 Å². The van der Waals surface area contributed by atoms with Crippen LogP contribution in [-0.4, -0.2) is 25.6 Å². The first kappa shape index (κ1) is 15.5. The molecular formula is C15H24N2O2. The molecule has 0 fully saturated rings. The molecule has 2 atom stereocenters. The van der Waals surface area contributed by atoms with Crippen molar-refractivity contribution in [1.82, 2.24) is 10.6 Å². The smallest absolute Gasteiger partial charge is 0.236 e. The average Bonchev–Trinajstić information content (AvgIpc) is 2.44. The summed E-state index contributed by atoms with van der Waals surface area (Å²) in [5.74, 6) is 0.868. The molecule has 0 saturated heterocycles. The van der Waals surface area contributed by atoms with Gasteiger partial charge in [0.25, 0.3) is 0 Å². The van der Waals surface area contributed by atoms with E-state index >= 15 is 0 Å². The molecule has 0 aromatic heterocycles. The van der Waals surface area contributed by atoms with Gasteiger partial charge in [0.1, 0.15) is 5.75 Å². The van der Waals surface area contributed by atoms with Crippen LogP contribution in [0.1, 0.15) is 38.8 Å². The number of nitrogens with one attached hydrogen (secondary N) is 2. The van der Waals surface area contributed by atoms with Crippen LogP contribution in [0.25, 0.3) is 0 Å². The van der Waals surface area contributed by atoms with Gasteiger partial charge in [-0.05, 0) is 26.3 Å². The highest BCUT2D eigenvalue weighted by Gasteiger charge is 2.17. The number of hydrogen-bond donors (Lipinski definition) is 2.